The summed E-state index contributed by atoms with van der Waals surface area (Å²) in [5.41, 5.74) is 3.28. The van der Waals surface area contributed by atoms with Crippen molar-refractivity contribution in [2.24, 2.45) is 0 Å². The van der Waals surface area contributed by atoms with Crippen LogP contribution in [0, 0.1) is 0 Å². The minimum absolute atomic E-state index is 0.326. The van der Waals surface area contributed by atoms with Crippen LogP contribution in [0.15, 0.2) is 72.3 Å². The summed E-state index contributed by atoms with van der Waals surface area (Å²) in [4.78, 5) is 32.7. The minimum Gasteiger partial charge on any atom is -0.467 e. The maximum atomic E-state index is 12.8. The van der Waals surface area contributed by atoms with Crippen molar-refractivity contribution in [2.75, 3.05) is 13.4 Å². The first-order chi connectivity index (χ1) is 15.1. The highest BCUT2D eigenvalue weighted by Crippen LogP contribution is 2.20. The first-order valence-electron chi connectivity index (χ1n) is 9.72. The fourth-order valence-electron chi connectivity index (χ4n) is 3.51. The molecule has 0 aliphatic carbocycles. The van der Waals surface area contributed by atoms with Gasteiger partial charge in [0.25, 0.3) is 5.91 Å². The standard InChI is InChI=1S/C23H22N4O3S/c1-30-22(29)20(13-16-14-25-19-6-4-3-5-18(16)19)26-21(28)15-7-9-17(10-8-15)27-12-11-24-23(27)31-2/h3-12,14,20,25H,13H2,1-2H3,(H,26,28)/t20-/m1/s1. The van der Waals surface area contributed by atoms with E-state index in [0.29, 0.717) is 12.0 Å². The van der Waals surface area contributed by atoms with Crippen LogP contribution >= 0.6 is 11.8 Å². The molecular weight excluding hydrogens is 412 g/mol. The lowest BCUT2D eigenvalue weighted by molar-refractivity contribution is -0.142. The Morgan fingerprint density at radius 2 is 1.97 bits per heavy atom. The fourth-order valence-corrected chi connectivity index (χ4v) is 4.04. The van der Waals surface area contributed by atoms with Crippen molar-refractivity contribution < 1.29 is 14.3 Å². The minimum atomic E-state index is -0.798. The molecule has 7 nitrogen and oxygen atoms in total. The highest BCUT2D eigenvalue weighted by Gasteiger charge is 2.24. The molecule has 0 unspecified atom stereocenters. The van der Waals surface area contributed by atoms with E-state index in [0.717, 1.165) is 27.3 Å². The van der Waals surface area contributed by atoms with Gasteiger partial charge >= 0.3 is 5.97 Å². The second-order valence-corrected chi connectivity index (χ2v) is 7.72. The van der Waals surface area contributed by atoms with E-state index < -0.39 is 12.0 Å². The molecule has 0 saturated carbocycles. The Kier molecular flexibility index (Phi) is 6.08. The number of nitrogens with one attached hydrogen (secondary N) is 2. The van der Waals surface area contributed by atoms with Crippen molar-refractivity contribution in [3.05, 3.63) is 78.2 Å². The summed E-state index contributed by atoms with van der Waals surface area (Å²) in [5.74, 6) is -0.823. The number of methoxy groups -OCH3 is 1. The van der Waals surface area contributed by atoms with Crippen LogP contribution in [0.4, 0.5) is 0 Å². The number of para-hydroxylation sites is 1. The Bertz CT molecular complexity index is 1210. The average Bonchev–Trinajstić information content (AvgIpc) is 3.45. The number of carbonyl (C=O) groups excluding carboxylic acids is 2. The van der Waals surface area contributed by atoms with Crippen LogP contribution in [0.3, 0.4) is 0 Å². The zero-order valence-electron chi connectivity index (χ0n) is 17.2. The molecule has 2 N–H and O–H groups in total. The Morgan fingerprint density at radius 3 is 2.71 bits per heavy atom. The molecule has 0 saturated heterocycles. The SMILES string of the molecule is COC(=O)[C@@H](Cc1c[nH]c2ccccc12)NC(=O)c1ccc(-n2ccnc2SC)cc1. The zero-order valence-corrected chi connectivity index (χ0v) is 18.0. The number of ether oxygens (including phenoxy) is 1. The maximum Gasteiger partial charge on any atom is 0.328 e. The predicted octanol–water partition coefficient (Wildman–Crippen LogP) is 3.59. The number of carbonyl (C=O) groups is 2. The van der Waals surface area contributed by atoms with Crippen LogP contribution in [0.1, 0.15) is 15.9 Å². The molecule has 8 heteroatoms. The lowest BCUT2D eigenvalue weighted by Gasteiger charge is -2.16. The zero-order chi connectivity index (χ0) is 21.8. The van der Waals surface area contributed by atoms with E-state index >= 15 is 0 Å². The van der Waals surface area contributed by atoms with Crippen LogP contribution in [0.5, 0.6) is 0 Å². The summed E-state index contributed by atoms with van der Waals surface area (Å²) < 4.78 is 6.87. The van der Waals surface area contributed by atoms with Gasteiger partial charge in [0.2, 0.25) is 0 Å². The third-order valence-corrected chi connectivity index (χ3v) is 5.75. The molecule has 1 atom stereocenters. The molecule has 1 amide bonds. The number of fused-ring (bicyclic) bond motifs is 1. The summed E-state index contributed by atoms with van der Waals surface area (Å²) in [6, 6.07) is 14.2. The molecule has 31 heavy (non-hydrogen) atoms. The van der Waals surface area contributed by atoms with Crippen molar-refractivity contribution in [1.29, 1.82) is 0 Å². The van der Waals surface area contributed by atoms with Crippen LogP contribution in [-0.4, -0.2) is 45.8 Å². The van der Waals surface area contributed by atoms with E-state index in [2.05, 4.69) is 15.3 Å². The number of hydrogen-bond acceptors (Lipinski definition) is 5. The second-order valence-electron chi connectivity index (χ2n) is 6.94. The van der Waals surface area contributed by atoms with Gasteiger partial charge < -0.3 is 15.0 Å². The number of rotatable bonds is 7. The Labute approximate surface area is 183 Å². The number of esters is 1. The number of H-pyrrole nitrogens is 1. The predicted molar refractivity (Wildman–Crippen MR) is 121 cm³/mol. The van der Waals surface area contributed by atoms with Crippen molar-refractivity contribution in [2.45, 2.75) is 17.6 Å². The molecule has 2 heterocycles. The Hall–Kier alpha value is -3.52. The van der Waals surface area contributed by atoms with E-state index in [-0.39, 0.29) is 5.91 Å². The molecule has 2 aromatic heterocycles. The fraction of sp³-hybridized carbons (Fsp3) is 0.174. The van der Waals surface area contributed by atoms with E-state index in [1.165, 1.54) is 7.11 Å². The molecule has 4 aromatic rings. The molecule has 0 bridgehead atoms. The highest BCUT2D eigenvalue weighted by atomic mass is 32.2. The van der Waals surface area contributed by atoms with Gasteiger partial charge in [-0.3, -0.25) is 9.36 Å². The topological polar surface area (TPSA) is 89.0 Å². The summed E-state index contributed by atoms with van der Waals surface area (Å²) in [6.07, 6.45) is 7.75. The first kappa shape index (κ1) is 20.7. The number of benzene rings is 2. The number of nitrogens with zero attached hydrogens (tertiary/aromatic N) is 2. The number of imidazole rings is 1. The monoisotopic (exact) mass is 434 g/mol. The average molecular weight is 435 g/mol. The van der Waals surface area contributed by atoms with Gasteiger partial charge in [0.05, 0.1) is 7.11 Å². The number of aromatic nitrogens is 3. The van der Waals surface area contributed by atoms with Gasteiger partial charge in [-0.25, -0.2) is 9.78 Å². The Morgan fingerprint density at radius 1 is 1.19 bits per heavy atom. The van der Waals surface area contributed by atoms with Gasteiger partial charge in [0.15, 0.2) is 5.16 Å². The van der Waals surface area contributed by atoms with E-state index in [1.807, 2.05) is 59.6 Å². The van der Waals surface area contributed by atoms with Gasteiger partial charge in [0.1, 0.15) is 6.04 Å². The third-order valence-electron chi connectivity index (χ3n) is 5.09. The van der Waals surface area contributed by atoms with Gasteiger partial charge in [0, 0.05) is 47.2 Å². The maximum absolute atomic E-state index is 12.8. The Balaban J connectivity index is 1.52. The van der Waals surface area contributed by atoms with Crippen LogP contribution in [0.2, 0.25) is 0 Å². The largest absolute Gasteiger partial charge is 0.467 e. The number of amides is 1. The molecule has 4 rings (SSSR count). The van der Waals surface area contributed by atoms with Gasteiger partial charge in [-0.05, 0) is 42.2 Å². The summed E-state index contributed by atoms with van der Waals surface area (Å²) in [6.45, 7) is 0. The first-order valence-corrected chi connectivity index (χ1v) is 10.9. The molecule has 0 spiro atoms. The van der Waals surface area contributed by atoms with Gasteiger partial charge in [-0.1, -0.05) is 30.0 Å². The van der Waals surface area contributed by atoms with Crippen molar-refractivity contribution in [3.63, 3.8) is 0 Å². The van der Waals surface area contributed by atoms with E-state index in [9.17, 15) is 9.59 Å². The lowest BCUT2D eigenvalue weighted by Crippen LogP contribution is -2.43. The molecule has 0 aliphatic rings. The summed E-state index contributed by atoms with van der Waals surface area (Å²) in [5, 5.41) is 4.69. The van der Waals surface area contributed by atoms with Crippen LogP contribution in [-0.2, 0) is 16.0 Å². The smallest absolute Gasteiger partial charge is 0.328 e. The van der Waals surface area contributed by atoms with Crippen LogP contribution in [0.25, 0.3) is 16.6 Å². The third kappa shape index (κ3) is 4.34. The van der Waals surface area contributed by atoms with E-state index in [4.69, 9.17) is 4.74 Å². The number of thioether (sulfide) groups is 1. The normalized spacial score (nSPS) is 11.9. The lowest BCUT2D eigenvalue weighted by atomic mass is 10.0. The second kappa shape index (κ2) is 9.09. The van der Waals surface area contributed by atoms with Crippen LogP contribution < -0.4 is 5.32 Å². The number of hydrogen-bond donors (Lipinski definition) is 2. The molecule has 0 fully saturated rings. The molecular formula is C23H22N4O3S. The van der Waals surface area contributed by atoms with Crippen molar-refractivity contribution >= 4 is 34.5 Å². The quantitative estimate of drug-likeness (QED) is 0.343. The molecule has 0 radical (unpaired) electrons. The van der Waals surface area contributed by atoms with E-state index in [1.54, 1.807) is 30.1 Å². The summed E-state index contributed by atoms with van der Waals surface area (Å²) in [7, 11) is 1.32. The van der Waals surface area contributed by atoms with Gasteiger partial charge in [-0.15, -0.1) is 0 Å². The summed E-state index contributed by atoms with van der Waals surface area (Å²) >= 11 is 1.54. The molecule has 0 aliphatic heterocycles. The van der Waals surface area contributed by atoms with Crippen molar-refractivity contribution in [3.8, 4) is 5.69 Å². The molecule has 158 valence electrons. The van der Waals surface area contributed by atoms with Gasteiger partial charge in [-0.2, -0.15) is 0 Å². The highest BCUT2D eigenvalue weighted by molar-refractivity contribution is 7.98. The number of aromatic amines is 1. The van der Waals surface area contributed by atoms with Crippen molar-refractivity contribution in [1.82, 2.24) is 19.9 Å². The molecule has 2 aromatic carbocycles.